The lowest BCUT2D eigenvalue weighted by molar-refractivity contribution is -0.147. The van der Waals surface area contributed by atoms with E-state index in [1.807, 2.05) is 12.2 Å². The second kappa shape index (κ2) is 4.79. The molecule has 0 aromatic heterocycles. The standard InChI is InChI=1S/C19H25NO3/c1-20-13-6-15(21)18(16(20)22)11-9-17(10-12-18)8-5-14-4-2-3-7-19(14,17)23/h9-12,14,23H,2-8,13H2,1H3. The molecule has 1 saturated heterocycles. The third kappa shape index (κ3) is 1.81. The number of amides is 1. The lowest BCUT2D eigenvalue weighted by atomic mass is 9.61. The molecule has 3 fully saturated rings. The Bertz CT molecular complexity index is 606. The molecule has 2 unspecified atom stereocenters. The van der Waals surface area contributed by atoms with Gasteiger partial charge in [0.2, 0.25) is 5.91 Å². The van der Waals surface area contributed by atoms with E-state index < -0.39 is 11.0 Å². The van der Waals surface area contributed by atoms with Crippen molar-refractivity contribution in [2.24, 2.45) is 16.7 Å². The minimum atomic E-state index is -1.12. The molecule has 1 N–H and O–H groups in total. The average Bonchev–Trinajstić information content (AvgIpc) is 2.84. The number of hydrogen-bond acceptors (Lipinski definition) is 3. The fraction of sp³-hybridized carbons (Fsp3) is 0.684. The summed E-state index contributed by atoms with van der Waals surface area (Å²) in [5, 5.41) is 11.4. The molecule has 2 spiro atoms. The monoisotopic (exact) mass is 315 g/mol. The van der Waals surface area contributed by atoms with Gasteiger partial charge >= 0.3 is 0 Å². The highest BCUT2D eigenvalue weighted by Gasteiger charge is 2.59. The summed E-state index contributed by atoms with van der Waals surface area (Å²) in [4.78, 5) is 26.7. The number of carbonyl (C=O) groups is 2. The first-order valence-electron chi connectivity index (χ1n) is 8.86. The van der Waals surface area contributed by atoms with Gasteiger partial charge in [0.05, 0.1) is 5.60 Å². The third-order valence-electron chi connectivity index (χ3n) is 6.87. The van der Waals surface area contributed by atoms with E-state index in [0.717, 1.165) is 32.1 Å². The van der Waals surface area contributed by atoms with E-state index >= 15 is 0 Å². The molecule has 0 aromatic rings. The van der Waals surface area contributed by atoms with Gasteiger partial charge in [-0.3, -0.25) is 9.59 Å². The largest absolute Gasteiger partial charge is 0.388 e. The smallest absolute Gasteiger partial charge is 0.243 e. The number of piperidine rings is 1. The van der Waals surface area contributed by atoms with Gasteiger partial charge in [-0.05, 0) is 31.6 Å². The molecule has 1 amide bonds. The van der Waals surface area contributed by atoms with Crippen LogP contribution in [0.2, 0.25) is 0 Å². The minimum Gasteiger partial charge on any atom is -0.388 e. The van der Waals surface area contributed by atoms with Crippen LogP contribution in [0.3, 0.4) is 0 Å². The van der Waals surface area contributed by atoms with Crippen molar-refractivity contribution < 1.29 is 14.7 Å². The summed E-state index contributed by atoms with van der Waals surface area (Å²) in [6.45, 7) is 0.498. The highest BCUT2D eigenvalue weighted by atomic mass is 16.3. The number of Topliss-reactive ketones (excluding diaryl/α,β-unsaturated/α-hetero) is 1. The number of nitrogens with zero attached hydrogens (tertiary/aromatic N) is 1. The van der Waals surface area contributed by atoms with Crippen molar-refractivity contribution in [3.05, 3.63) is 24.3 Å². The van der Waals surface area contributed by atoms with Gasteiger partial charge in [-0.2, -0.15) is 0 Å². The van der Waals surface area contributed by atoms with Gasteiger partial charge in [0, 0.05) is 25.4 Å². The topological polar surface area (TPSA) is 57.6 Å². The van der Waals surface area contributed by atoms with E-state index in [-0.39, 0.29) is 17.1 Å². The maximum atomic E-state index is 12.6. The van der Waals surface area contributed by atoms with Crippen molar-refractivity contribution in [2.45, 2.75) is 50.5 Å². The summed E-state index contributed by atoms with van der Waals surface area (Å²) >= 11 is 0. The lowest BCUT2D eigenvalue weighted by Gasteiger charge is -2.47. The molecule has 1 heterocycles. The second-order valence-corrected chi connectivity index (χ2v) is 7.88. The molecule has 124 valence electrons. The van der Waals surface area contributed by atoms with E-state index in [1.54, 1.807) is 24.1 Å². The van der Waals surface area contributed by atoms with E-state index in [0.29, 0.717) is 18.9 Å². The molecule has 4 aliphatic rings. The van der Waals surface area contributed by atoms with Gasteiger partial charge in [0.1, 0.15) is 5.41 Å². The van der Waals surface area contributed by atoms with Gasteiger partial charge in [-0.25, -0.2) is 0 Å². The van der Waals surface area contributed by atoms with E-state index in [9.17, 15) is 14.7 Å². The first kappa shape index (κ1) is 15.1. The van der Waals surface area contributed by atoms with Crippen LogP contribution >= 0.6 is 0 Å². The Morgan fingerprint density at radius 3 is 2.57 bits per heavy atom. The Morgan fingerprint density at radius 1 is 1.09 bits per heavy atom. The molecule has 4 heteroatoms. The number of ketones is 1. The molecule has 4 nitrogen and oxygen atoms in total. The normalized spacial score (nSPS) is 46.0. The number of carbonyl (C=O) groups excluding carboxylic acids is 2. The van der Waals surface area contributed by atoms with Gasteiger partial charge in [-0.15, -0.1) is 0 Å². The first-order valence-corrected chi connectivity index (χ1v) is 8.86. The molecule has 3 aliphatic carbocycles. The number of aliphatic hydroxyl groups is 1. The van der Waals surface area contributed by atoms with Crippen LogP contribution in [-0.2, 0) is 9.59 Å². The molecule has 4 rings (SSSR count). The van der Waals surface area contributed by atoms with Gasteiger partial charge in [0.15, 0.2) is 5.78 Å². The van der Waals surface area contributed by atoms with Gasteiger partial charge < -0.3 is 10.0 Å². The highest BCUT2D eigenvalue weighted by molar-refractivity contribution is 6.12. The minimum absolute atomic E-state index is 0.0202. The fourth-order valence-electron chi connectivity index (χ4n) is 5.32. The molecule has 0 bridgehead atoms. The van der Waals surface area contributed by atoms with Crippen LogP contribution in [0.25, 0.3) is 0 Å². The summed E-state index contributed by atoms with van der Waals surface area (Å²) in [6, 6.07) is 0. The Balaban J connectivity index is 1.71. The van der Waals surface area contributed by atoms with Crippen LogP contribution in [0.15, 0.2) is 24.3 Å². The molecular formula is C19H25NO3. The quantitative estimate of drug-likeness (QED) is 0.551. The zero-order valence-electron chi connectivity index (χ0n) is 13.8. The Labute approximate surface area is 137 Å². The number of rotatable bonds is 0. The zero-order chi connectivity index (χ0) is 16.3. The molecule has 1 aliphatic heterocycles. The van der Waals surface area contributed by atoms with Crippen molar-refractivity contribution in [1.29, 1.82) is 0 Å². The Morgan fingerprint density at radius 2 is 1.83 bits per heavy atom. The van der Waals surface area contributed by atoms with Crippen molar-refractivity contribution in [3.8, 4) is 0 Å². The molecule has 0 aromatic carbocycles. The molecule has 0 radical (unpaired) electrons. The zero-order valence-corrected chi connectivity index (χ0v) is 13.8. The van der Waals surface area contributed by atoms with Crippen molar-refractivity contribution in [3.63, 3.8) is 0 Å². The summed E-state index contributed by atoms with van der Waals surface area (Å²) in [5.41, 5.74) is -2.21. The maximum absolute atomic E-state index is 12.6. The van der Waals surface area contributed by atoms with Crippen LogP contribution in [-0.4, -0.2) is 40.9 Å². The lowest BCUT2D eigenvalue weighted by Crippen LogP contribution is -2.54. The molecule has 2 saturated carbocycles. The second-order valence-electron chi connectivity index (χ2n) is 7.88. The number of hydrogen-bond donors (Lipinski definition) is 1. The van der Waals surface area contributed by atoms with Crippen LogP contribution in [0.4, 0.5) is 0 Å². The Kier molecular flexibility index (Phi) is 3.15. The average molecular weight is 315 g/mol. The van der Waals surface area contributed by atoms with Crippen LogP contribution in [0.1, 0.15) is 44.9 Å². The van der Waals surface area contributed by atoms with Crippen molar-refractivity contribution >= 4 is 11.7 Å². The van der Waals surface area contributed by atoms with Crippen LogP contribution < -0.4 is 0 Å². The summed E-state index contributed by atoms with van der Waals surface area (Å²) in [7, 11) is 1.75. The van der Waals surface area contributed by atoms with Gasteiger partial charge in [0.25, 0.3) is 0 Å². The van der Waals surface area contributed by atoms with E-state index in [1.165, 1.54) is 6.42 Å². The van der Waals surface area contributed by atoms with E-state index in [2.05, 4.69) is 0 Å². The molecular weight excluding hydrogens is 290 g/mol. The number of fused-ring (bicyclic) bond motifs is 2. The van der Waals surface area contributed by atoms with Crippen LogP contribution in [0.5, 0.6) is 0 Å². The predicted octanol–water partition coefficient (Wildman–Crippen LogP) is 2.23. The fourth-order valence-corrected chi connectivity index (χ4v) is 5.32. The van der Waals surface area contributed by atoms with E-state index in [4.69, 9.17) is 0 Å². The number of likely N-dealkylation sites (tertiary alicyclic amines) is 1. The maximum Gasteiger partial charge on any atom is 0.243 e. The highest BCUT2D eigenvalue weighted by Crippen LogP contribution is 2.59. The van der Waals surface area contributed by atoms with Crippen molar-refractivity contribution in [2.75, 3.05) is 13.6 Å². The first-order chi connectivity index (χ1) is 10.9. The predicted molar refractivity (Wildman–Crippen MR) is 86.5 cm³/mol. The summed E-state index contributed by atoms with van der Waals surface area (Å²) in [6.07, 6.45) is 14.1. The summed E-state index contributed by atoms with van der Waals surface area (Å²) in [5.74, 6) is 0.189. The molecule has 2 atom stereocenters. The van der Waals surface area contributed by atoms with Crippen molar-refractivity contribution in [1.82, 2.24) is 4.90 Å². The summed E-state index contributed by atoms with van der Waals surface area (Å²) < 4.78 is 0. The third-order valence-corrected chi connectivity index (χ3v) is 6.87. The Hall–Kier alpha value is -1.42. The SMILES string of the molecule is CN1CCC(=O)C2(C=CC3(C=C2)CCC2CCCCC23O)C1=O. The van der Waals surface area contributed by atoms with Crippen LogP contribution in [0, 0.1) is 16.7 Å². The van der Waals surface area contributed by atoms with Gasteiger partial charge in [-0.1, -0.05) is 37.1 Å². The molecule has 23 heavy (non-hydrogen) atoms.